The zero-order valence-electron chi connectivity index (χ0n) is 11.8. The first-order chi connectivity index (χ1) is 10.8. The van der Waals surface area contributed by atoms with Crippen LogP contribution >= 0.6 is 15.9 Å². The largest absolute Gasteiger partial charge is 0.299 e. The summed E-state index contributed by atoms with van der Waals surface area (Å²) in [5, 5.41) is 0. The van der Waals surface area contributed by atoms with Crippen molar-refractivity contribution in [1.82, 2.24) is 9.38 Å². The zero-order valence-corrected chi connectivity index (χ0v) is 13.4. The lowest BCUT2D eigenvalue weighted by molar-refractivity contribution is 1.16. The molecule has 0 aliphatic rings. The summed E-state index contributed by atoms with van der Waals surface area (Å²) in [6, 6.07) is 24.7. The van der Waals surface area contributed by atoms with Gasteiger partial charge in [0.25, 0.3) is 0 Å². The summed E-state index contributed by atoms with van der Waals surface area (Å²) in [5.74, 6) is 0.954. The fraction of sp³-hybridized carbons (Fsp3) is 0. The Morgan fingerprint density at radius 1 is 0.773 bits per heavy atom. The van der Waals surface area contributed by atoms with Crippen LogP contribution in [0.1, 0.15) is 0 Å². The number of imidazole rings is 1. The van der Waals surface area contributed by atoms with E-state index in [-0.39, 0.29) is 0 Å². The molecule has 2 aromatic carbocycles. The number of halogens is 1. The van der Waals surface area contributed by atoms with Crippen molar-refractivity contribution >= 4 is 21.4 Å². The van der Waals surface area contributed by atoms with Gasteiger partial charge in [-0.25, -0.2) is 4.98 Å². The Morgan fingerprint density at radius 2 is 1.55 bits per heavy atom. The van der Waals surface area contributed by atoms with Crippen molar-refractivity contribution in [3.8, 4) is 22.6 Å². The van der Waals surface area contributed by atoms with Crippen molar-refractivity contribution in [3.05, 3.63) is 83.5 Å². The monoisotopic (exact) mass is 348 g/mol. The van der Waals surface area contributed by atoms with Crippen LogP contribution in [0.15, 0.2) is 83.5 Å². The van der Waals surface area contributed by atoms with Crippen LogP contribution in [-0.4, -0.2) is 9.38 Å². The molecule has 0 amide bonds. The van der Waals surface area contributed by atoms with E-state index in [1.54, 1.807) is 0 Å². The lowest BCUT2D eigenvalue weighted by Crippen LogP contribution is -1.88. The predicted octanol–water partition coefficient (Wildman–Crippen LogP) is 5.43. The molecule has 0 saturated heterocycles. The Balaban J connectivity index is 2.01. The maximum absolute atomic E-state index is 4.91. The number of rotatable bonds is 2. The average Bonchev–Trinajstić information content (AvgIpc) is 2.95. The van der Waals surface area contributed by atoms with E-state index in [4.69, 9.17) is 4.98 Å². The number of hydrogen-bond acceptors (Lipinski definition) is 1. The summed E-state index contributed by atoms with van der Waals surface area (Å²) in [6.45, 7) is 0. The summed E-state index contributed by atoms with van der Waals surface area (Å²) < 4.78 is 3.20. The minimum Gasteiger partial charge on any atom is -0.299 e. The molecule has 0 spiro atoms. The zero-order chi connectivity index (χ0) is 14.9. The van der Waals surface area contributed by atoms with E-state index >= 15 is 0 Å². The van der Waals surface area contributed by atoms with Crippen LogP contribution in [0.2, 0.25) is 0 Å². The Morgan fingerprint density at radius 3 is 2.36 bits per heavy atom. The lowest BCUT2D eigenvalue weighted by atomic mass is 10.1. The summed E-state index contributed by atoms with van der Waals surface area (Å²) in [6.07, 6.45) is 2.06. The van der Waals surface area contributed by atoms with Crippen LogP contribution in [-0.2, 0) is 0 Å². The second-order valence-corrected chi connectivity index (χ2v) is 6.03. The molecule has 0 aliphatic carbocycles. The van der Waals surface area contributed by atoms with Crippen LogP contribution in [0.25, 0.3) is 28.2 Å². The quantitative estimate of drug-likeness (QED) is 0.472. The second-order valence-electron chi connectivity index (χ2n) is 5.12. The molecular weight excluding hydrogens is 336 g/mol. The molecule has 2 heterocycles. The van der Waals surface area contributed by atoms with Crippen molar-refractivity contribution in [2.24, 2.45) is 0 Å². The molecule has 0 fully saturated rings. The third-order valence-electron chi connectivity index (χ3n) is 3.68. The lowest BCUT2D eigenvalue weighted by Gasteiger charge is -2.01. The summed E-state index contributed by atoms with van der Waals surface area (Å²) >= 11 is 3.54. The number of hydrogen-bond donors (Lipinski definition) is 0. The fourth-order valence-electron chi connectivity index (χ4n) is 2.68. The molecule has 0 radical (unpaired) electrons. The van der Waals surface area contributed by atoms with Gasteiger partial charge in [-0.3, -0.25) is 4.40 Å². The van der Waals surface area contributed by atoms with Gasteiger partial charge in [0, 0.05) is 21.8 Å². The first kappa shape index (κ1) is 13.3. The van der Waals surface area contributed by atoms with Gasteiger partial charge in [0.1, 0.15) is 5.82 Å². The van der Waals surface area contributed by atoms with Crippen molar-refractivity contribution in [2.75, 3.05) is 0 Å². The van der Waals surface area contributed by atoms with E-state index < -0.39 is 0 Å². The third kappa shape index (κ3) is 2.24. The standard InChI is InChI=1S/C19H13BrN2/c20-16-10-6-9-15(13-16)19-21-18(14-7-2-1-3-8-14)17-11-4-5-12-22(17)19/h1-13H. The SMILES string of the molecule is Brc1cccc(-c2nc(-c3ccccc3)c3ccccn23)c1. The highest BCUT2D eigenvalue weighted by Crippen LogP contribution is 2.30. The molecule has 4 aromatic rings. The van der Waals surface area contributed by atoms with Gasteiger partial charge in [-0.1, -0.05) is 64.5 Å². The average molecular weight is 349 g/mol. The molecule has 3 heteroatoms. The third-order valence-corrected chi connectivity index (χ3v) is 4.17. The van der Waals surface area contributed by atoms with Gasteiger partial charge in [0.05, 0.1) is 11.2 Å². The number of fused-ring (bicyclic) bond motifs is 1. The van der Waals surface area contributed by atoms with Crippen molar-refractivity contribution in [1.29, 1.82) is 0 Å². The van der Waals surface area contributed by atoms with Crippen molar-refractivity contribution in [2.45, 2.75) is 0 Å². The van der Waals surface area contributed by atoms with Gasteiger partial charge >= 0.3 is 0 Å². The minimum atomic E-state index is 0.954. The van der Waals surface area contributed by atoms with E-state index in [0.717, 1.165) is 32.6 Å². The first-order valence-corrected chi connectivity index (χ1v) is 7.91. The maximum atomic E-state index is 4.91. The summed E-state index contributed by atoms with van der Waals surface area (Å²) in [7, 11) is 0. The van der Waals surface area contributed by atoms with E-state index in [9.17, 15) is 0 Å². The summed E-state index contributed by atoms with van der Waals surface area (Å²) in [5.41, 5.74) is 4.35. The highest BCUT2D eigenvalue weighted by Gasteiger charge is 2.13. The number of nitrogens with zero attached hydrogens (tertiary/aromatic N) is 2. The van der Waals surface area contributed by atoms with E-state index in [2.05, 4.69) is 56.9 Å². The van der Waals surface area contributed by atoms with E-state index in [0.29, 0.717) is 0 Å². The molecule has 0 N–H and O–H groups in total. The number of benzene rings is 2. The Bertz CT molecular complexity index is 942. The van der Waals surface area contributed by atoms with Crippen LogP contribution in [0.4, 0.5) is 0 Å². The maximum Gasteiger partial charge on any atom is 0.145 e. The molecule has 0 bridgehead atoms. The predicted molar refractivity (Wildman–Crippen MR) is 93.8 cm³/mol. The molecule has 0 atom stereocenters. The minimum absolute atomic E-state index is 0.954. The summed E-state index contributed by atoms with van der Waals surface area (Å²) in [4.78, 5) is 4.91. The topological polar surface area (TPSA) is 17.3 Å². The molecule has 0 saturated carbocycles. The van der Waals surface area contributed by atoms with Crippen molar-refractivity contribution in [3.63, 3.8) is 0 Å². The molecule has 2 nitrogen and oxygen atoms in total. The molecule has 0 unspecified atom stereocenters. The van der Waals surface area contributed by atoms with Crippen LogP contribution < -0.4 is 0 Å². The van der Waals surface area contributed by atoms with Crippen LogP contribution in [0, 0.1) is 0 Å². The van der Waals surface area contributed by atoms with Gasteiger partial charge in [0.2, 0.25) is 0 Å². The van der Waals surface area contributed by atoms with Gasteiger partial charge in [-0.05, 0) is 24.3 Å². The molecule has 22 heavy (non-hydrogen) atoms. The smallest absolute Gasteiger partial charge is 0.145 e. The van der Waals surface area contributed by atoms with Gasteiger partial charge in [-0.15, -0.1) is 0 Å². The van der Waals surface area contributed by atoms with Crippen LogP contribution in [0.5, 0.6) is 0 Å². The number of aromatic nitrogens is 2. The van der Waals surface area contributed by atoms with Crippen molar-refractivity contribution < 1.29 is 0 Å². The van der Waals surface area contributed by atoms with Gasteiger partial charge in [0.15, 0.2) is 0 Å². The van der Waals surface area contributed by atoms with E-state index in [1.165, 1.54) is 0 Å². The molecule has 4 rings (SSSR count). The van der Waals surface area contributed by atoms with Crippen LogP contribution in [0.3, 0.4) is 0 Å². The normalized spacial score (nSPS) is 11.0. The Labute approximate surface area is 137 Å². The first-order valence-electron chi connectivity index (χ1n) is 7.11. The molecule has 0 aliphatic heterocycles. The fourth-order valence-corrected chi connectivity index (χ4v) is 3.08. The molecule has 106 valence electrons. The number of pyridine rings is 1. The van der Waals surface area contributed by atoms with E-state index in [1.807, 2.05) is 42.5 Å². The van der Waals surface area contributed by atoms with Gasteiger partial charge < -0.3 is 0 Å². The Hall–Kier alpha value is -2.39. The highest BCUT2D eigenvalue weighted by atomic mass is 79.9. The highest BCUT2D eigenvalue weighted by molar-refractivity contribution is 9.10. The van der Waals surface area contributed by atoms with Gasteiger partial charge in [-0.2, -0.15) is 0 Å². The Kier molecular flexibility index (Phi) is 3.28. The molecular formula is C19H13BrN2. The molecule has 2 aromatic heterocycles. The second kappa shape index (κ2) is 5.43.